The molecule has 4 heteroatoms. The minimum atomic E-state index is -0.791. The Morgan fingerprint density at radius 3 is 2.50 bits per heavy atom. The molecule has 0 fully saturated rings. The van der Waals surface area contributed by atoms with Crippen molar-refractivity contribution in [3.63, 3.8) is 0 Å². The normalized spacial score (nSPS) is 8.83. The monoisotopic (exact) mass is 171 g/mol. The van der Waals surface area contributed by atoms with Crippen LogP contribution in [-0.2, 0) is 0 Å². The molecule has 0 bridgehead atoms. The number of aryl methyl sites for hydroxylation is 1. The number of rotatable bonds is 1. The van der Waals surface area contributed by atoms with Crippen LogP contribution < -0.4 is 0 Å². The summed E-state index contributed by atoms with van der Waals surface area (Å²) in [4.78, 5) is 9.41. The van der Waals surface area contributed by atoms with Crippen LogP contribution in [0.4, 0.5) is 10.1 Å². The van der Waals surface area contributed by atoms with E-state index in [-0.39, 0.29) is 7.43 Å². The van der Waals surface area contributed by atoms with E-state index in [1.807, 2.05) is 0 Å². The molecule has 0 spiro atoms. The Labute approximate surface area is 70.0 Å². The van der Waals surface area contributed by atoms with Gasteiger partial charge in [0.2, 0.25) is 5.82 Å². The molecule has 1 aromatic carbocycles. The topological polar surface area (TPSA) is 43.1 Å². The van der Waals surface area contributed by atoms with Crippen molar-refractivity contribution in [1.29, 1.82) is 0 Å². The van der Waals surface area contributed by atoms with Crippen molar-refractivity contribution in [1.82, 2.24) is 0 Å². The van der Waals surface area contributed by atoms with Crippen LogP contribution in [0.5, 0.6) is 0 Å². The van der Waals surface area contributed by atoms with Gasteiger partial charge < -0.3 is 0 Å². The highest BCUT2D eigenvalue weighted by molar-refractivity contribution is 5.35. The quantitative estimate of drug-likeness (QED) is 0.481. The minimum absolute atomic E-state index is 0. The van der Waals surface area contributed by atoms with Crippen molar-refractivity contribution < 1.29 is 9.31 Å². The van der Waals surface area contributed by atoms with Crippen molar-refractivity contribution in [3.8, 4) is 0 Å². The zero-order valence-corrected chi connectivity index (χ0v) is 5.87. The molecule has 0 amide bonds. The Morgan fingerprint density at radius 2 is 2.08 bits per heavy atom. The molecule has 0 aliphatic heterocycles. The molecule has 0 aliphatic carbocycles. The molecule has 0 saturated carbocycles. The highest BCUT2D eigenvalue weighted by Crippen LogP contribution is 2.17. The van der Waals surface area contributed by atoms with Gasteiger partial charge in [0.05, 0.1) is 4.92 Å². The zero-order valence-electron chi connectivity index (χ0n) is 5.87. The van der Waals surface area contributed by atoms with E-state index in [4.69, 9.17) is 0 Å². The first-order valence-electron chi connectivity index (χ1n) is 3.02. The number of halogens is 1. The molecular formula is C8H10FNO2. The van der Waals surface area contributed by atoms with Crippen molar-refractivity contribution >= 4 is 5.69 Å². The number of nitrogens with zero attached hydrogens (tertiary/aromatic N) is 1. The molecule has 0 aromatic heterocycles. The summed E-state index contributed by atoms with van der Waals surface area (Å²) >= 11 is 0. The van der Waals surface area contributed by atoms with Crippen molar-refractivity contribution in [2.75, 3.05) is 0 Å². The van der Waals surface area contributed by atoms with Crippen molar-refractivity contribution in [3.05, 3.63) is 39.7 Å². The number of nitro groups is 1. The Kier molecular flexibility index (Phi) is 3.34. The lowest BCUT2D eigenvalue weighted by atomic mass is 10.2. The molecule has 1 rings (SSSR count). The summed E-state index contributed by atoms with van der Waals surface area (Å²) in [5, 5.41) is 10.1. The third kappa shape index (κ3) is 2.02. The standard InChI is InChI=1S/C7H6FNO2.CH4/c1-5-2-3-6(8)7(4-5)9(10)11;/h2-4H,1H3;1H4. The largest absolute Gasteiger partial charge is 0.305 e. The predicted molar refractivity (Wildman–Crippen MR) is 44.5 cm³/mol. The van der Waals surface area contributed by atoms with Crippen LogP contribution in [0.25, 0.3) is 0 Å². The molecule has 0 radical (unpaired) electrons. The molecular weight excluding hydrogens is 161 g/mol. The number of hydrogen-bond acceptors (Lipinski definition) is 2. The van der Waals surface area contributed by atoms with Gasteiger partial charge in [-0.1, -0.05) is 13.5 Å². The minimum Gasteiger partial charge on any atom is -0.258 e. The second-order valence-electron chi connectivity index (χ2n) is 2.21. The van der Waals surface area contributed by atoms with E-state index < -0.39 is 16.4 Å². The Hall–Kier alpha value is -1.45. The molecule has 0 unspecified atom stereocenters. The van der Waals surface area contributed by atoms with Gasteiger partial charge in [-0.05, 0) is 18.6 Å². The lowest BCUT2D eigenvalue weighted by Crippen LogP contribution is -1.92. The van der Waals surface area contributed by atoms with E-state index in [2.05, 4.69) is 0 Å². The van der Waals surface area contributed by atoms with E-state index >= 15 is 0 Å². The molecule has 0 saturated heterocycles. The van der Waals surface area contributed by atoms with Gasteiger partial charge in [-0.25, -0.2) is 0 Å². The lowest BCUT2D eigenvalue weighted by Gasteiger charge is -1.93. The molecule has 3 nitrogen and oxygen atoms in total. The van der Waals surface area contributed by atoms with Crippen LogP contribution in [0.15, 0.2) is 18.2 Å². The van der Waals surface area contributed by atoms with Gasteiger partial charge in [0.15, 0.2) is 0 Å². The fourth-order valence-corrected chi connectivity index (χ4v) is 0.763. The molecule has 0 aliphatic rings. The second-order valence-corrected chi connectivity index (χ2v) is 2.21. The summed E-state index contributed by atoms with van der Waals surface area (Å²) in [5.74, 6) is -0.791. The maximum Gasteiger partial charge on any atom is 0.305 e. The molecule has 0 N–H and O–H groups in total. The number of hydrogen-bond donors (Lipinski definition) is 0. The fraction of sp³-hybridized carbons (Fsp3) is 0.250. The van der Waals surface area contributed by atoms with Gasteiger partial charge in [0, 0.05) is 6.07 Å². The zero-order chi connectivity index (χ0) is 8.43. The second kappa shape index (κ2) is 3.80. The Bertz CT molecular complexity index is 299. The third-order valence-corrected chi connectivity index (χ3v) is 1.30. The molecule has 1 aromatic rings. The van der Waals surface area contributed by atoms with Crippen molar-refractivity contribution in [2.45, 2.75) is 14.4 Å². The number of benzene rings is 1. The summed E-state index contributed by atoms with van der Waals surface area (Å²) in [6.45, 7) is 1.67. The first kappa shape index (κ1) is 10.6. The summed E-state index contributed by atoms with van der Waals surface area (Å²) in [6, 6.07) is 3.78. The fourth-order valence-electron chi connectivity index (χ4n) is 0.763. The molecule has 12 heavy (non-hydrogen) atoms. The Balaban J connectivity index is 0.00000121. The van der Waals surface area contributed by atoms with Crippen LogP contribution in [0, 0.1) is 22.9 Å². The third-order valence-electron chi connectivity index (χ3n) is 1.30. The van der Waals surface area contributed by atoms with E-state index in [1.165, 1.54) is 12.1 Å². The van der Waals surface area contributed by atoms with Gasteiger partial charge in [-0.15, -0.1) is 0 Å². The van der Waals surface area contributed by atoms with Gasteiger partial charge in [0.25, 0.3) is 0 Å². The maximum absolute atomic E-state index is 12.6. The van der Waals surface area contributed by atoms with Gasteiger partial charge >= 0.3 is 5.69 Å². The average molecular weight is 171 g/mol. The summed E-state index contributed by atoms with van der Waals surface area (Å²) in [7, 11) is 0. The summed E-state index contributed by atoms with van der Waals surface area (Å²) in [5.41, 5.74) is 0.211. The summed E-state index contributed by atoms with van der Waals surface area (Å²) < 4.78 is 12.6. The summed E-state index contributed by atoms with van der Waals surface area (Å²) in [6.07, 6.45) is 0. The Morgan fingerprint density at radius 1 is 1.50 bits per heavy atom. The SMILES string of the molecule is C.Cc1ccc(F)c([N+](=O)[O-])c1. The highest BCUT2D eigenvalue weighted by atomic mass is 19.1. The number of nitro benzene ring substituents is 1. The first-order chi connectivity index (χ1) is 5.11. The van der Waals surface area contributed by atoms with Crippen LogP contribution >= 0.6 is 0 Å². The van der Waals surface area contributed by atoms with E-state index in [0.717, 1.165) is 6.07 Å². The molecule has 0 heterocycles. The predicted octanol–water partition coefficient (Wildman–Crippen LogP) is 2.68. The van der Waals surface area contributed by atoms with Crippen molar-refractivity contribution in [2.24, 2.45) is 0 Å². The van der Waals surface area contributed by atoms with E-state index in [0.29, 0.717) is 5.56 Å². The smallest absolute Gasteiger partial charge is 0.258 e. The lowest BCUT2D eigenvalue weighted by molar-refractivity contribution is -0.387. The highest BCUT2D eigenvalue weighted by Gasteiger charge is 2.12. The first-order valence-corrected chi connectivity index (χ1v) is 3.02. The van der Waals surface area contributed by atoms with E-state index in [1.54, 1.807) is 6.92 Å². The van der Waals surface area contributed by atoms with Gasteiger partial charge in [-0.3, -0.25) is 10.1 Å². The molecule has 66 valence electrons. The van der Waals surface area contributed by atoms with Gasteiger partial charge in [0.1, 0.15) is 0 Å². The average Bonchev–Trinajstić information content (AvgIpc) is 1.94. The van der Waals surface area contributed by atoms with Crippen LogP contribution in [0.3, 0.4) is 0 Å². The van der Waals surface area contributed by atoms with Crippen LogP contribution in [0.2, 0.25) is 0 Å². The maximum atomic E-state index is 12.6. The van der Waals surface area contributed by atoms with Crippen LogP contribution in [0.1, 0.15) is 13.0 Å². The molecule has 0 atom stereocenters. The van der Waals surface area contributed by atoms with E-state index in [9.17, 15) is 14.5 Å². The van der Waals surface area contributed by atoms with Gasteiger partial charge in [-0.2, -0.15) is 4.39 Å². The van der Waals surface area contributed by atoms with Crippen LogP contribution in [-0.4, -0.2) is 4.92 Å².